The molecule has 0 saturated carbocycles. The Morgan fingerprint density at radius 1 is 0.444 bits per heavy atom. The van der Waals surface area contributed by atoms with Gasteiger partial charge in [-0.25, -0.2) is 4.68 Å². The van der Waals surface area contributed by atoms with E-state index >= 15 is 0 Å². The number of nitrogens with zero attached hydrogens (tertiary/aromatic N) is 4. The van der Waals surface area contributed by atoms with Crippen molar-refractivity contribution in [2.45, 2.75) is 12.5 Å². The maximum Gasteiger partial charge on any atom is 0.184 e. The van der Waals surface area contributed by atoms with Gasteiger partial charge in [0.25, 0.3) is 0 Å². The Balaban J connectivity index is 1.65. The minimum atomic E-state index is -0.877. The van der Waals surface area contributed by atoms with Crippen LogP contribution in [0.1, 0.15) is 44.8 Å². The summed E-state index contributed by atoms with van der Waals surface area (Å²) in [6.07, 6.45) is 0. The van der Waals surface area contributed by atoms with Crippen LogP contribution in [0.5, 0.6) is 0 Å². The lowest BCUT2D eigenvalue weighted by Gasteiger charge is -2.36. The second-order valence-electron chi connectivity index (χ2n) is 11.1. The van der Waals surface area contributed by atoms with Crippen molar-refractivity contribution < 1.29 is 0 Å². The van der Waals surface area contributed by atoms with Crippen molar-refractivity contribution in [3.05, 3.63) is 221 Å². The summed E-state index contributed by atoms with van der Waals surface area (Å²) in [5, 5.41) is 14.2. The Morgan fingerprint density at radius 2 is 0.822 bits per heavy atom. The molecular formula is C41H32N4. The predicted molar refractivity (Wildman–Crippen MR) is 182 cm³/mol. The van der Waals surface area contributed by atoms with Gasteiger partial charge in [-0.05, 0) is 50.7 Å². The van der Waals surface area contributed by atoms with Gasteiger partial charge in [-0.2, -0.15) is 0 Å². The summed E-state index contributed by atoms with van der Waals surface area (Å²) >= 11 is 0. The third kappa shape index (κ3) is 5.17. The van der Waals surface area contributed by atoms with Crippen molar-refractivity contribution >= 4 is 11.1 Å². The highest BCUT2D eigenvalue weighted by molar-refractivity contribution is 6.03. The fourth-order valence-corrected chi connectivity index (χ4v) is 6.24. The lowest BCUT2D eigenvalue weighted by Crippen LogP contribution is -2.40. The van der Waals surface area contributed by atoms with Crippen LogP contribution in [0.15, 0.2) is 176 Å². The second-order valence-corrected chi connectivity index (χ2v) is 11.1. The second kappa shape index (κ2) is 12.4. The standard InChI is InChI=1S/C41H32N4/c1-31-27-29-34(30-28-31)38(32-17-7-2-8-18-32)39(33-19-9-3-10-20-33)40-42-43-44-45(40)41(35-21-11-4-12-22-35,36-23-13-5-14-24-36)37-25-15-6-16-26-37/h2-30H,1H3/b39-38+. The molecule has 4 nitrogen and oxygen atoms in total. The first-order valence-corrected chi connectivity index (χ1v) is 15.1. The Kier molecular flexibility index (Phi) is 7.69. The topological polar surface area (TPSA) is 43.6 Å². The van der Waals surface area contributed by atoms with E-state index < -0.39 is 5.54 Å². The van der Waals surface area contributed by atoms with Crippen molar-refractivity contribution in [3.63, 3.8) is 0 Å². The molecule has 7 aromatic rings. The molecule has 0 unspecified atom stereocenters. The normalized spacial score (nSPS) is 12.0. The molecule has 4 heteroatoms. The zero-order valence-corrected chi connectivity index (χ0v) is 25.0. The number of benzene rings is 6. The molecule has 0 aliphatic rings. The number of hydrogen-bond donors (Lipinski definition) is 0. The average molecular weight is 581 g/mol. The van der Waals surface area contributed by atoms with Crippen molar-refractivity contribution in [2.75, 3.05) is 0 Å². The van der Waals surface area contributed by atoms with Gasteiger partial charge in [0.2, 0.25) is 0 Å². The fourth-order valence-electron chi connectivity index (χ4n) is 6.24. The minimum Gasteiger partial charge on any atom is -0.205 e. The molecule has 216 valence electrons. The molecule has 0 aliphatic heterocycles. The van der Waals surface area contributed by atoms with Crippen molar-refractivity contribution in [1.82, 2.24) is 20.2 Å². The zero-order chi connectivity index (χ0) is 30.5. The number of hydrogen-bond acceptors (Lipinski definition) is 3. The van der Waals surface area contributed by atoms with E-state index in [1.165, 1.54) is 5.56 Å². The summed E-state index contributed by atoms with van der Waals surface area (Å²) in [7, 11) is 0. The van der Waals surface area contributed by atoms with Crippen LogP contribution in [-0.2, 0) is 5.54 Å². The van der Waals surface area contributed by atoms with Gasteiger partial charge in [0.15, 0.2) is 5.82 Å². The van der Waals surface area contributed by atoms with Gasteiger partial charge in [-0.15, -0.1) is 5.10 Å². The highest BCUT2D eigenvalue weighted by atomic mass is 15.6. The van der Waals surface area contributed by atoms with Crippen LogP contribution in [0, 0.1) is 6.92 Å². The number of aromatic nitrogens is 4. The van der Waals surface area contributed by atoms with Gasteiger partial charge in [0.1, 0.15) is 5.54 Å². The summed E-state index contributed by atoms with van der Waals surface area (Å²) in [6.45, 7) is 2.11. The maximum atomic E-state index is 4.87. The molecule has 6 aromatic carbocycles. The molecule has 45 heavy (non-hydrogen) atoms. The average Bonchev–Trinajstić information content (AvgIpc) is 3.60. The maximum absolute atomic E-state index is 4.87. The Bertz CT molecular complexity index is 1920. The summed E-state index contributed by atoms with van der Waals surface area (Å²) in [5.74, 6) is 0.664. The van der Waals surface area contributed by atoms with E-state index in [4.69, 9.17) is 10.3 Å². The largest absolute Gasteiger partial charge is 0.205 e. The quantitative estimate of drug-likeness (QED) is 0.133. The van der Waals surface area contributed by atoms with E-state index in [0.717, 1.165) is 44.5 Å². The van der Waals surface area contributed by atoms with E-state index in [9.17, 15) is 0 Å². The lowest BCUT2D eigenvalue weighted by molar-refractivity contribution is 0.442. The van der Waals surface area contributed by atoms with Gasteiger partial charge >= 0.3 is 0 Å². The molecule has 1 heterocycles. The van der Waals surface area contributed by atoms with E-state index in [-0.39, 0.29) is 0 Å². The van der Waals surface area contributed by atoms with Crippen LogP contribution >= 0.6 is 0 Å². The summed E-state index contributed by atoms with van der Waals surface area (Å²) in [5.41, 5.74) is 8.69. The molecule has 0 amide bonds. The van der Waals surface area contributed by atoms with Crippen molar-refractivity contribution in [3.8, 4) is 0 Å². The Morgan fingerprint density at radius 3 is 1.27 bits per heavy atom. The summed E-state index contributed by atoms with van der Waals surface area (Å²) in [6, 6.07) is 61.3. The third-order valence-electron chi connectivity index (χ3n) is 8.30. The molecule has 0 N–H and O–H groups in total. The SMILES string of the molecule is Cc1ccc(/C(=C(\c2ccccc2)c2nnnn2C(c2ccccc2)(c2ccccc2)c2ccccc2)c2ccccc2)cc1. The Hall–Kier alpha value is -5.87. The molecule has 0 atom stereocenters. The molecule has 7 rings (SSSR count). The third-order valence-corrected chi connectivity index (χ3v) is 8.30. The van der Waals surface area contributed by atoms with Gasteiger partial charge in [-0.1, -0.05) is 181 Å². The fraction of sp³-hybridized carbons (Fsp3) is 0.0488. The van der Waals surface area contributed by atoms with E-state index in [2.05, 4.69) is 158 Å². The van der Waals surface area contributed by atoms with Crippen molar-refractivity contribution in [1.29, 1.82) is 0 Å². The van der Waals surface area contributed by atoms with Crippen LogP contribution in [0.2, 0.25) is 0 Å². The Labute approximate surface area is 264 Å². The molecule has 0 radical (unpaired) electrons. The zero-order valence-electron chi connectivity index (χ0n) is 25.0. The van der Waals surface area contributed by atoms with Gasteiger partial charge in [0.05, 0.1) is 0 Å². The van der Waals surface area contributed by atoms with E-state index in [1.54, 1.807) is 0 Å². The van der Waals surface area contributed by atoms with Crippen LogP contribution in [0.3, 0.4) is 0 Å². The monoisotopic (exact) mass is 580 g/mol. The summed E-state index contributed by atoms with van der Waals surface area (Å²) in [4.78, 5) is 0. The highest BCUT2D eigenvalue weighted by Gasteiger charge is 2.42. The smallest absolute Gasteiger partial charge is 0.184 e. The van der Waals surface area contributed by atoms with Gasteiger partial charge in [0, 0.05) is 11.1 Å². The molecule has 0 spiro atoms. The van der Waals surface area contributed by atoms with Crippen LogP contribution < -0.4 is 0 Å². The minimum absolute atomic E-state index is 0.664. The van der Waals surface area contributed by atoms with Crippen LogP contribution in [0.25, 0.3) is 11.1 Å². The highest BCUT2D eigenvalue weighted by Crippen LogP contribution is 2.44. The molecule has 0 bridgehead atoms. The summed E-state index contributed by atoms with van der Waals surface area (Å²) < 4.78 is 2.02. The van der Waals surface area contributed by atoms with Crippen molar-refractivity contribution in [2.24, 2.45) is 0 Å². The number of tetrazole rings is 1. The van der Waals surface area contributed by atoms with Crippen LogP contribution in [0.4, 0.5) is 0 Å². The lowest BCUT2D eigenvalue weighted by atomic mass is 9.76. The van der Waals surface area contributed by atoms with Gasteiger partial charge in [-0.3, -0.25) is 0 Å². The molecule has 0 aliphatic carbocycles. The first-order valence-electron chi connectivity index (χ1n) is 15.1. The number of aryl methyl sites for hydroxylation is 1. The first kappa shape index (κ1) is 27.9. The molecule has 1 aromatic heterocycles. The van der Waals surface area contributed by atoms with E-state index in [1.807, 2.05) is 35.0 Å². The van der Waals surface area contributed by atoms with Gasteiger partial charge < -0.3 is 0 Å². The van der Waals surface area contributed by atoms with E-state index in [0.29, 0.717) is 5.82 Å². The van der Waals surface area contributed by atoms with Crippen LogP contribution in [-0.4, -0.2) is 20.2 Å². The predicted octanol–water partition coefficient (Wildman–Crippen LogP) is 8.83. The molecule has 0 fully saturated rings. The number of rotatable bonds is 8. The first-order chi connectivity index (χ1) is 22.3. The molecular weight excluding hydrogens is 548 g/mol. The molecule has 0 saturated heterocycles.